The SMILES string of the molecule is CC(=O)OC1OC2OC(=O)CC1(OC(C)=O)C2C1(C)CCC2=C(CCCC2(C)C)C1C. The molecule has 7 heteroatoms. The van der Waals surface area contributed by atoms with E-state index in [0.29, 0.717) is 0 Å². The third-order valence-corrected chi connectivity index (χ3v) is 8.32. The quantitative estimate of drug-likeness (QED) is 0.376. The van der Waals surface area contributed by atoms with Crippen molar-refractivity contribution in [3.05, 3.63) is 11.1 Å². The van der Waals surface area contributed by atoms with Crippen molar-refractivity contribution >= 4 is 17.9 Å². The van der Waals surface area contributed by atoms with Crippen molar-refractivity contribution < 1.29 is 33.3 Å². The van der Waals surface area contributed by atoms with Crippen LogP contribution in [0, 0.1) is 22.7 Å². The molecule has 0 aromatic rings. The first-order chi connectivity index (χ1) is 14.4. The van der Waals surface area contributed by atoms with E-state index < -0.39 is 42.0 Å². The van der Waals surface area contributed by atoms with E-state index in [2.05, 4.69) is 27.7 Å². The zero-order chi connectivity index (χ0) is 22.8. The van der Waals surface area contributed by atoms with Crippen LogP contribution < -0.4 is 0 Å². The van der Waals surface area contributed by atoms with E-state index in [0.717, 1.165) is 25.7 Å². The summed E-state index contributed by atoms with van der Waals surface area (Å²) in [6.45, 7) is 11.6. The second-order valence-corrected chi connectivity index (χ2v) is 10.6. The Morgan fingerprint density at radius 2 is 1.77 bits per heavy atom. The summed E-state index contributed by atoms with van der Waals surface area (Å²) in [5, 5.41) is 0. The minimum Gasteiger partial charge on any atom is -0.451 e. The van der Waals surface area contributed by atoms with E-state index in [-0.39, 0.29) is 23.2 Å². The molecule has 0 saturated carbocycles. The van der Waals surface area contributed by atoms with Gasteiger partial charge in [0.05, 0.1) is 12.3 Å². The Balaban J connectivity index is 1.80. The maximum absolute atomic E-state index is 12.4. The van der Waals surface area contributed by atoms with Crippen LogP contribution in [0.2, 0.25) is 0 Å². The molecule has 0 amide bonds. The van der Waals surface area contributed by atoms with Crippen LogP contribution in [0.5, 0.6) is 0 Å². The second-order valence-electron chi connectivity index (χ2n) is 10.6. The lowest BCUT2D eigenvalue weighted by Crippen LogP contribution is -2.60. The predicted octanol–water partition coefficient (Wildman–Crippen LogP) is 4.04. The molecule has 2 saturated heterocycles. The van der Waals surface area contributed by atoms with Crippen LogP contribution in [0.1, 0.15) is 80.1 Å². The normalized spacial score (nSPS) is 41.3. The van der Waals surface area contributed by atoms with Crippen molar-refractivity contribution in [1.29, 1.82) is 0 Å². The topological polar surface area (TPSA) is 88.1 Å². The molecule has 2 bridgehead atoms. The van der Waals surface area contributed by atoms with Gasteiger partial charge in [0.2, 0.25) is 12.6 Å². The fourth-order valence-electron chi connectivity index (χ4n) is 6.81. The molecule has 6 atom stereocenters. The largest absolute Gasteiger partial charge is 0.451 e. The maximum Gasteiger partial charge on any atom is 0.312 e. The highest BCUT2D eigenvalue weighted by Crippen LogP contribution is 2.63. The van der Waals surface area contributed by atoms with Gasteiger partial charge in [0, 0.05) is 13.8 Å². The maximum atomic E-state index is 12.4. The zero-order valence-corrected chi connectivity index (χ0v) is 19.4. The number of fused-ring (bicyclic) bond motifs is 2. The molecule has 6 unspecified atom stereocenters. The third-order valence-electron chi connectivity index (χ3n) is 8.32. The number of carbonyl (C=O) groups excluding carboxylic acids is 3. The van der Waals surface area contributed by atoms with Crippen LogP contribution in [0.25, 0.3) is 0 Å². The van der Waals surface area contributed by atoms with Crippen LogP contribution in [0.4, 0.5) is 0 Å². The average molecular weight is 435 g/mol. The summed E-state index contributed by atoms with van der Waals surface area (Å²) in [4.78, 5) is 36.4. The smallest absolute Gasteiger partial charge is 0.312 e. The second kappa shape index (κ2) is 7.32. The van der Waals surface area contributed by atoms with Gasteiger partial charge < -0.3 is 14.2 Å². The Kier molecular flexibility index (Phi) is 5.27. The Bertz CT molecular complexity index is 839. The summed E-state index contributed by atoms with van der Waals surface area (Å²) in [5.41, 5.74) is 1.46. The van der Waals surface area contributed by atoms with Crippen molar-refractivity contribution in [2.45, 2.75) is 98.2 Å². The van der Waals surface area contributed by atoms with Gasteiger partial charge in [-0.05, 0) is 48.9 Å². The molecule has 0 aromatic heterocycles. The van der Waals surface area contributed by atoms with Crippen molar-refractivity contribution in [2.24, 2.45) is 22.7 Å². The van der Waals surface area contributed by atoms with Crippen LogP contribution in [0.3, 0.4) is 0 Å². The number of hydrogen-bond donors (Lipinski definition) is 0. The number of carbonyl (C=O) groups is 3. The third kappa shape index (κ3) is 3.40. The molecular formula is C24H34O7. The van der Waals surface area contributed by atoms with Crippen molar-refractivity contribution in [3.63, 3.8) is 0 Å². The number of allylic oxidation sites excluding steroid dienone is 2. The first kappa shape index (κ1) is 22.3. The standard InChI is InChI=1S/C24H34O7/c1-13-16-8-7-10-22(4,5)17(16)9-11-23(13,6)19-20-29-18(27)12-24(19,31-15(3)26)21(30-20)28-14(2)25/h13,19-21H,7-12H2,1-6H3. The number of esters is 3. The van der Waals surface area contributed by atoms with Gasteiger partial charge in [0.1, 0.15) is 0 Å². The highest BCUT2D eigenvalue weighted by atomic mass is 16.8. The zero-order valence-electron chi connectivity index (χ0n) is 19.4. The Morgan fingerprint density at radius 3 is 2.42 bits per heavy atom. The minimum atomic E-state index is -1.39. The summed E-state index contributed by atoms with van der Waals surface area (Å²) in [6.07, 6.45) is 2.93. The summed E-state index contributed by atoms with van der Waals surface area (Å²) in [5.74, 6) is -1.85. The van der Waals surface area contributed by atoms with Crippen molar-refractivity contribution in [2.75, 3.05) is 0 Å². The molecule has 0 N–H and O–H groups in total. The van der Waals surface area contributed by atoms with Gasteiger partial charge in [-0.15, -0.1) is 0 Å². The van der Waals surface area contributed by atoms with Crippen molar-refractivity contribution in [1.82, 2.24) is 0 Å². The highest BCUT2D eigenvalue weighted by Gasteiger charge is 2.72. The molecule has 172 valence electrons. The Morgan fingerprint density at radius 1 is 1.06 bits per heavy atom. The lowest BCUT2D eigenvalue weighted by molar-refractivity contribution is -0.222. The van der Waals surface area contributed by atoms with Crippen LogP contribution in [-0.4, -0.2) is 36.1 Å². The molecule has 2 aliphatic carbocycles. The number of hydrogen-bond acceptors (Lipinski definition) is 7. The molecule has 2 heterocycles. The van der Waals surface area contributed by atoms with Gasteiger partial charge in [-0.25, -0.2) is 0 Å². The van der Waals surface area contributed by atoms with E-state index in [1.54, 1.807) is 5.57 Å². The van der Waals surface area contributed by atoms with Gasteiger partial charge in [-0.2, -0.15) is 0 Å². The molecule has 0 spiro atoms. The fraction of sp³-hybridized carbons (Fsp3) is 0.792. The molecule has 31 heavy (non-hydrogen) atoms. The van der Waals surface area contributed by atoms with E-state index in [1.165, 1.54) is 25.8 Å². The first-order valence-electron chi connectivity index (χ1n) is 11.3. The Hall–Kier alpha value is -1.89. The molecular weight excluding hydrogens is 400 g/mol. The number of ether oxygens (including phenoxy) is 4. The Labute approximate surface area is 183 Å². The summed E-state index contributed by atoms with van der Waals surface area (Å²) in [6, 6.07) is 0. The lowest BCUT2D eigenvalue weighted by Gasteiger charge is -2.54. The monoisotopic (exact) mass is 434 g/mol. The molecule has 7 nitrogen and oxygen atoms in total. The molecule has 2 fully saturated rings. The van der Waals surface area contributed by atoms with E-state index in [1.807, 2.05) is 0 Å². The highest BCUT2D eigenvalue weighted by molar-refractivity contribution is 5.75. The molecule has 0 aromatic carbocycles. The van der Waals surface area contributed by atoms with Crippen LogP contribution in [0.15, 0.2) is 11.1 Å². The average Bonchev–Trinajstić information content (AvgIpc) is 2.82. The van der Waals surface area contributed by atoms with Gasteiger partial charge in [0.15, 0.2) is 5.60 Å². The minimum absolute atomic E-state index is 0.186. The van der Waals surface area contributed by atoms with Gasteiger partial charge in [0.25, 0.3) is 0 Å². The summed E-state index contributed by atoms with van der Waals surface area (Å²) in [7, 11) is 0. The molecule has 2 aliphatic heterocycles. The van der Waals surface area contributed by atoms with E-state index in [4.69, 9.17) is 18.9 Å². The van der Waals surface area contributed by atoms with E-state index in [9.17, 15) is 14.4 Å². The van der Waals surface area contributed by atoms with Gasteiger partial charge >= 0.3 is 17.9 Å². The number of rotatable bonds is 3. The summed E-state index contributed by atoms with van der Waals surface area (Å²) >= 11 is 0. The summed E-state index contributed by atoms with van der Waals surface area (Å²) < 4.78 is 22.8. The predicted molar refractivity (Wildman–Crippen MR) is 110 cm³/mol. The van der Waals surface area contributed by atoms with Crippen LogP contribution in [-0.2, 0) is 33.3 Å². The molecule has 4 rings (SSSR count). The molecule has 0 radical (unpaired) electrons. The van der Waals surface area contributed by atoms with Crippen molar-refractivity contribution in [3.8, 4) is 0 Å². The first-order valence-corrected chi connectivity index (χ1v) is 11.3. The van der Waals surface area contributed by atoms with E-state index >= 15 is 0 Å². The van der Waals surface area contributed by atoms with Crippen LogP contribution >= 0.6 is 0 Å². The lowest BCUT2D eigenvalue weighted by atomic mass is 9.52. The van der Waals surface area contributed by atoms with Gasteiger partial charge in [-0.1, -0.05) is 38.8 Å². The fourth-order valence-corrected chi connectivity index (χ4v) is 6.81. The molecule has 4 aliphatic rings. The van der Waals surface area contributed by atoms with Gasteiger partial charge in [-0.3, -0.25) is 19.1 Å².